The topological polar surface area (TPSA) is 40.5 Å². The molecular weight excluding hydrogens is 909 g/mol. The van der Waals surface area contributed by atoms with E-state index in [2.05, 4.69) is 215 Å². The molecule has 2 nitrogen and oxygen atoms in total. The molecule has 0 aliphatic carbocycles. The van der Waals surface area contributed by atoms with Crippen molar-refractivity contribution in [2.24, 2.45) is 0 Å². The first-order valence-electron chi connectivity index (χ1n) is 25.5. The summed E-state index contributed by atoms with van der Waals surface area (Å²) in [7, 11) is -3.85. The highest BCUT2D eigenvalue weighted by Gasteiger charge is 2.38. The molecule has 0 bridgehead atoms. The van der Waals surface area contributed by atoms with Crippen LogP contribution in [0.15, 0.2) is 146 Å². The highest BCUT2D eigenvalue weighted by atomic mass is 29.3. The molecule has 6 aromatic rings. The summed E-state index contributed by atoms with van der Waals surface area (Å²) in [4.78, 5) is 0. The summed E-state index contributed by atoms with van der Waals surface area (Å²) in [5.74, 6) is 3.63. The summed E-state index contributed by atoms with van der Waals surface area (Å²) in [6.45, 7) is 33.6. The van der Waals surface area contributed by atoms with Crippen LogP contribution in [0.25, 0.3) is 0 Å². The molecule has 6 atom stereocenters. The fourth-order valence-electron chi connectivity index (χ4n) is 9.77. The van der Waals surface area contributed by atoms with Crippen molar-refractivity contribution in [2.45, 2.75) is 198 Å². The summed E-state index contributed by atoms with van der Waals surface area (Å²) in [6, 6.07) is 53.1. The number of hydrogen-bond donors (Lipinski definition) is 2. The third-order valence-electron chi connectivity index (χ3n) is 15.6. The molecular formula is C66H102O2Si3. The van der Waals surface area contributed by atoms with E-state index in [0.717, 1.165) is 38.5 Å². The summed E-state index contributed by atoms with van der Waals surface area (Å²) in [5, 5.41) is 22.8. The van der Waals surface area contributed by atoms with Crippen LogP contribution in [0.2, 0.25) is 52.4 Å². The van der Waals surface area contributed by atoms with Gasteiger partial charge in [-0.1, -0.05) is 253 Å². The van der Waals surface area contributed by atoms with E-state index in [4.69, 9.17) is 0 Å². The average Bonchev–Trinajstić information content (AvgIpc) is 3.29. The number of aromatic hydroxyl groups is 2. The van der Waals surface area contributed by atoms with E-state index in [1.54, 1.807) is 5.19 Å². The zero-order valence-corrected chi connectivity index (χ0v) is 47.0. The maximum atomic E-state index is 9.89. The molecule has 71 heavy (non-hydrogen) atoms. The summed E-state index contributed by atoms with van der Waals surface area (Å²) in [6.07, 6.45) is 6.76. The molecule has 0 saturated heterocycles. The smallest absolute Gasteiger partial charge is 0.115 e. The molecule has 0 spiro atoms. The third-order valence-corrected chi connectivity index (χ3v) is 35.4. The number of phenols is 2. The van der Waals surface area contributed by atoms with Crippen LogP contribution >= 0.6 is 0 Å². The van der Waals surface area contributed by atoms with Gasteiger partial charge >= 0.3 is 0 Å². The van der Waals surface area contributed by atoms with Crippen LogP contribution in [-0.4, -0.2) is 33.5 Å². The zero-order valence-electron chi connectivity index (χ0n) is 44.0. The Kier molecular flexibility index (Phi) is 26.1. The number of benzene rings is 6. The van der Waals surface area contributed by atoms with Gasteiger partial charge in [-0.05, 0) is 146 Å². The number of hydrogen-bond acceptors (Lipinski definition) is 2. The Morgan fingerprint density at radius 3 is 0.901 bits per heavy atom. The van der Waals surface area contributed by atoms with Gasteiger partial charge in [-0.2, -0.15) is 0 Å². The second kappa shape index (κ2) is 28.7. The first-order valence-corrected chi connectivity index (χ1v) is 36.5. The molecule has 0 fully saturated rings. The normalized spacial score (nSPS) is 14.0. The Bertz CT molecular complexity index is 2370. The first kappa shape index (κ1) is 64.6. The van der Waals surface area contributed by atoms with Gasteiger partial charge in [0, 0.05) is 7.59 Å². The summed E-state index contributed by atoms with van der Waals surface area (Å²) in [5.41, 5.74) is 11.0. The molecule has 0 aromatic heterocycles. The summed E-state index contributed by atoms with van der Waals surface area (Å²) >= 11 is 0. The molecule has 0 aliphatic heterocycles. The van der Waals surface area contributed by atoms with Crippen molar-refractivity contribution in [1.82, 2.24) is 0 Å². The Balaban J connectivity index is 0.000000674. The van der Waals surface area contributed by atoms with Gasteiger partial charge in [0.15, 0.2) is 0 Å². The maximum absolute atomic E-state index is 9.89. The molecule has 2 N–H and O–H groups in total. The molecule has 390 valence electrons. The Labute approximate surface area is 440 Å². The van der Waals surface area contributed by atoms with Gasteiger partial charge in [0.05, 0.1) is 15.7 Å². The molecule has 0 amide bonds. The number of rotatable bonds is 19. The molecule has 6 unspecified atom stereocenters. The van der Waals surface area contributed by atoms with E-state index in [9.17, 15) is 10.2 Å². The van der Waals surface area contributed by atoms with E-state index in [1.807, 2.05) is 24.3 Å². The predicted octanol–water partition coefficient (Wildman–Crippen LogP) is 19.5. The van der Waals surface area contributed by atoms with Gasteiger partial charge in [-0.15, -0.1) is 0 Å². The minimum Gasteiger partial charge on any atom is -0.508 e. The molecule has 0 radical (unpaired) electrons. The summed E-state index contributed by atoms with van der Waals surface area (Å²) < 4.78 is 0. The maximum Gasteiger partial charge on any atom is 0.115 e. The minimum absolute atomic E-state index is 0. The lowest BCUT2D eigenvalue weighted by molar-refractivity contribution is 0.462. The molecule has 0 saturated carbocycles. The van der Waals surface area contributed by atoms with Crippen LogP contribution in [0.4, 0.5) is 0 Å². The quantitative estimate of drug-likeness (QED) is 0.0794. The second-order valence-electron chi connectivity index (χ2n) is 22.7. The minimum atomic E-state index is -1.39. The highest BCUT2D eigenvalue weighted by Crippen LogP contribution is 2.41. The van der Waals surface area contributed by atoms with Gasteiger partial charge in [0.2, 0.25) is 0 Å². The van der Waals surface area contributed by atoms with Crippen molar-refractivity contribution in [3.63, 3.8) is 0 Å². The largest absolute Gasteiger partial charge is 0.508 e. The van der Waals surface area contributed by atoms with E-state index in [1.165, 1.54) is 49.7 Å². The van der Waals surface area contributed by atoms with Crippen LogP contribution in [-0.2, 0) is 0 Å². The Hall–Kier alpha value is -4.43. The zero-order chi connectivity index (χ0) is 49.1. The molecule has 0 aliphatic rings. The SMILES string of the molecule is C.C.C.C.CCC(CC(CC(C)c1ccc(C)cc1)c1ccc(O)cc1)c1ccc([Si](C)(C)C)cc1.CCC(CC(CC(C)c1ccc(C)cc1)c1ccc(O)cc1)c1ccc([Si](C)(C)[Si](C)(C)C)cc1. The molecule has 0 heterocycles. The van der Waals surface area contributed by atoms with Crippen molar-refractivity contribution in [3.05, 3.63) is 190 Å². The standard InChI is InChI=1S/C32H46OSi2.C30H40OSi.4CH4/c1-9-26(28-16-20-32(21-17-28)35(7,8)34(4,5)6)23-30(29-14-18-31(33)19-15-29)22-25(3)27-12-10-24(2)11-13-27;1-7-24(26-14-18-30(19-15-26)32(4,5)6)21-28(27-12-16-29(31)17-13-27)20-23(3)25-10-8-22(2)9-11-25;;;;/h10-21,25-26,30,33H,9,22-23H2,1-8H3;8-19,23-24,28,31H,7,20-21H2,1-6H3;4*1H4. The van der Waals surface area contributed by atoms with E-state index in [-0.39, 0.29) is 29.7 Å². The molecule has 6 rings (SSSR count). The predicted molar refractivity (Wildman–Crippen MR) is 329 cm³/mol. The Morgan fingerprint density at radius 2 is 0.620 bits per heavy atom. The molecule has 5 heteroatoms. The van der Waals surface area contributed by atoms with E-state index >= 15 is 0 Å². The fourth-order valence-corrected chi connectivity index (χ4v) is 15.9. The van der Waals surface area contributed by atoms with E-state index < -0.39 is 23.3 Å². The van der Waals surface area contributed by atoms with Crippen LogP contribution in [0, 0.1) is 13.8 Å². The van der Waals surface area contributed by atoms with Crippen molar-refractivity contribution in [3.8, 4) is 11.5 Å². The van der Waals surface area contributed by atoms with Gasteiger partial charge in [-0.25, -0.2) is 0 Å². The first-order chi connectivity index (χ1) is 31.6. The van der Waals surface area contributed by atoms with Gasteiger partial charge in [-0.3, -0.25) is 0 Å². The van der Waals surface area contributed by atoms with Crippen LogP contribution in [0.5, 0.6) is 11.5 Å². The number of phenolic OH excluding ortho intramolecular Hbond substituents is 2. The van der Waals surface area contributed by atoms with Gasteiger partial charge in [0.1, 0.15) is 11.5 Å². The van der Waals surface area contributed by atoms with Gasteiger partial charge < -0.3 is 10.2 Å². The highest BCUT2D eigenvalue weighted by molar-refractivity contribution is 7.45. The van der Waals surface area contributed by atoms with Crippen molar-refractivity contribution < 1.29 is 10.2 Å². The van der Waals surface area contributed by atoms with Crippen molar-refractivity contribution >= 4 is 33.6 Å². The number of aryl methyl sites for hydroxylation is 2. The van der Waals surface area contributed by atoms with Crippen LogP contribution < -0.4 is 10.4 Å². The van der Waals surface area contributed by atoms with Gasteiger partial charge in [0.25, 0.3) is 0 Å². The van der Waals surface area contributed by atoms with Crippen LogP contribution in [0.1, 0.15) is 176 Å². The van der Waals surface area contributed by atoms with Crippen molar-refractivity contribution in [1.29, 1.82) is 0 Å². The average molecular weight is 1010 g/mol. The lowest BCUT2D eigenvalue weighted by Crippen LogP contribution is -2.61. The third kappa shape index (κ3) is 18.2. The van der Waals surface area contributed by atoms with Crippen LogP contribution in [0.3, 0.4) is 0 Å². The van der Waals surface area contributed by atoms with Crippen molar-refractivity contribution in [2.75, 3.05) is 0 Å². The fraction of sp³-hybridized carbons (Fsp3) is 0.455. The lowest BCUT2D eigenvalue weighted by Gasteiger charge is -2.36. The lowest BCUT2D eigenvalue weighted by atomic mass is 9.78. The monoisotopic (exact) mass is 1010 g/mol. The Morgan fingerprint density at radius 1 is 0.352 bits per heavy atom. The second-order valence-corrected chi connectivity index (χ2v) is 44.4. The molecule has 6 aromatic carbocycles. The van der Waals surface area contributed by atoms with E-state index in [0.29, 0.717) is 47.0 Å².